The van der Waals surface area contributed by atoms with Crippen LogP contribution in [0.3, 0.4) is 0 Å². The Kier molecular flexibility index (Phi) is 2.94. The molecule has 0 aliphatic rings. The number of aromatic nitrogens is 5. The zero-order valence-corrected chi connectivity index (χ0v) is 11.2. The van der Waals surface area contributed by atoms with Crippen LogP contribution in [0.2, 0.25) is 0 Å². The second-order valence-corrected chi connectivity index (χ2v) is 4.71. The lowest BCUT2D eigenvalue weighted by Gasteiger charge is -2.02. The van der Waals surface area contributed by atoms with Gasteiger partial charge in [0.25, 0.3) is 0 Å². The van der Waals surface area contributed by atoms with Crippen LogP contribution in [0, 0.1) is 5.92 Å². The van der Waals surface area contributed by atoms with Crippen LogP contribution in [0.5, 0.6) is 0 Å². The molecule has 20 heavy (non-hydrogen) atoms. The zero-order valence-electron chi connectivity index (χ0n) is 11.2. The average molecular weight is 270 g/mol. The Bertz CT molecular complexity index is 743. The second-order valence-electron chi connectivity index (χ2n) is 4.71. The van der Waals surface area contributed by atoms with Crippen LogP contribution in [-0.2, 0) is 4.79 Å². The zero-order chi connectivity index (χ0) is 14.1. The Morgan fingerprint density at radius 1 is 1.35 bits per heavy atom. The van der Waals surface area contributed by atoms with Gasteiger partial charge >= 0.3 is 0 Å². The third-order valence-corrected chi connectivity index (χ3v) is 2.88. The minimum atomic E-state index is -0.116. The van der Waals surface area contributed by atoms with Gasteiger partial charge in [-0.25, -0.2) is 9.50 Å². The van der Waals surface area contributed by atoms with E-state index < -0.39 is 0 Å². The number of fused-ring (bicyclic) bond motifs is 1. The van der Waals surface area contributed by atoms with Crippen LogP contribution < -0.4 is 5.32 Å². The predicted molar refractivity (Wildman–Crippen MR) is 73.6 cm³/mol. The molecule has 3 aromatic rings. The summed E-state index contributed by atoms with van der Waals surface area (Å²) in [5.74, 6) is 0.0797. The maximum atomic E-state index is 11.7. The van der Waals surface area contributed by atoms with Gasteiger partial charge in [-0.2, -0.15) is 4.98 Å². The van der Waals surface area contributed by atoms with Crippen LogP contribution >= 0.6 is 0 Å². The molecule has 0 unspecified atom stereocenters. The number of hydrogen-bond acceptors (Lipinski definition) is 4. The van der Waals surface area contributed by atoms with Crippen molar-refractivity contribution < 1.29 is 4.79 Å². The molecule has 7 nitrogen and oxygen atoms in total. The largest absolute Gasteiger partial charge is 0.303 e. The van der Waals surface area contributed by atoms with Gasteiger partial charge < -0.3 is 4.57 Å². The molecule has 3 heterocycles. The number of pyridine rings is 1. The van der Waals surface area contributed by atoms with Gasteiger partial charge in [0, 0.05) is 24.5 Å². The van der Waals surface area contributed by atoms with Gasteiger partial charge in [0.15, 0.2) is 5.65 Å². The SMILES string of the molecule is CC(C)C(=O)Nc1nc2c(-n3ccnc3)cccn2n1. The van der Waals surface area contributed by atoms with Crippen molar-refractivity contribution in [2.75, 3.05) is 5.32 Å². The van der Waals surface area contributed by atoms with Crippen molar-refractivity contribution in [1.29, 1.82) is 0 Å². The summed E-state index contributed by atoms with van der Waals surface area (Å²) in [6, 6.07) is 3.78. The molecule has 0 radical (unpaired) electrons. The summed E-state index contributed by atoms with van der Waals surface area (Å²) in [6.45, 7) is 3.64. The minimum Gasteiger partial charge on any atom is -0.303 e. The van der Waals surface area contributed by atoms with Crippen molar-refractivity contribution in [3.05, 3.63) is 37.1 Å². The van der Waals surface area contributed by atoms with Gasteiger partial charge in [0.2, 0.25) is 11.9 Å². The number of anilines is 1. The van der Waals surface area contributed by atoms with E-state index in [1.165, 1.54) is 0 Å². The number of rotatable bonds is 3. The lowest BCUT2D eigenvalue weighted by Crippen LogP contribution is -2.18. The third kappa shape index (κ3) is 2.13. The quantitative estimate of drug-likeness (QED) is 0.782. The molecule has 3 rings (SSSR count). The summed E-state index contributed by atoms with van der Waals surface area (Å²) in [5, 5.41) is 6.94. The Balaban J connectivity index is 2.03. The smallest absolute Gasteiger partial charge is 0.249 e. The van der Waals surface area contributed by atoms with Crippen molar-refractivity contribution in [1.82, 2.24) is 24.1 Å². The van der Waals surface area contributed by atoms with Gasteiger partial charge in [-0.15, -0.1) is 5.10 Å². The molecule has 0 saturated heterocycles. The molecule has 0 fully saturated rings. The summed E-state index contributed by atoms with van der Waals surface area (Å²) >= 11 is 0. The van der Waals surface area contributed by atoms with Gasteiger partial charge in [0.1, 0.15) is 0 Å². The van der Waals surface area contributed by atoms with E-state index in [2.05, 4.69) is 20.4 Å². The molecule has 0 spiro atoms. The first-order valence-corrected chi connectivity index (χ1v) is 6.30. The number of nitrogens with one attached hydrogen (secondary N) is 1. The minimum absolute atomic E-state index is 0.106. The molecule has 0 bridgehead atoms. The monoisotopic (exact) mass is 270 g/mol. The van der Waals surface area contributed by atoms with Crippen molar-refractivity contribution in [2.24, 2.45) is 5.92 Å². The van der Waals surface area contributed by atoms with Crippen LogP contribution in [0.4, 0.5) is 5.95 Å². The maximum Gasteiger partial charge on any atom is 0.249 e. The lowest BCUT2D eigenvalue weighted by molar-refractivity contribution is -0.118. The first-order valence-electron chi connectivity index (χ1n) is 6.30. The molecule has 0 aliphatic heterocycles. The molecule has 1 amide bonds. The van der Waals surface area contributed by atoms with Crippen molar-refractivity contribution in [3.8, 4) is 5.69 Å². The fourth-order valence-electron chi connectivity index (χ4n) is 1.80. The fraction of sp³-hybridized carbons (Fsp3) is 0.231. The molecular formula is C13H14N6O. The summed E-state index contributed by atoms with van der Waals surface area (Å²) in [7, 11) is 0. The Morgan fingerprint density at radius 2 is 2.20 bits per heavy atom. The highest BCUT2D eigenvalue weighted by Gasteiger charge is 2.13. The maximum absolute atomic E-state index is 11.7. The summed E-state index contributed by atoms with van der Waals surface area (Å²) in [5.41, 5.74) is 1.51. The number of carbonyl (C=O) groups excluding carboxylic acids is 1. The van der Waals surface area contributed by atoms with E-state index >= 15 is 0 Å². The molecule has 0 aliphatic carbocycles. The van der Waals surface area contributed by atoms with Crippen LogP contribution in [0.15, 0.2) is 37.1 Å². The van der Waals surface area contributed by atoms with Gasteiger partial charge in [-0.1, -0.05) is 13.8 Å². The summed E-state index contributed by atoms with van der Waals surface area (Å²) < 4.78 is 3.48. The van der Waals surface area contributed by atoms with E-state index in [4.69, 9.17) is 0 Å². The molecule has 102 valence electrons. The van der Waals surface area contributed by atoms with E-state index in [0.29, 0.717) is 11.6 Å². The molecule has 0 aromatic carbocycles. The summed E-state index contributed by atoms with van der Waals surface area (Å²) in [6.07, 6.45) is 7.00. The molecule has 1 N–H and O–H groups in total. The molecule has 3 aromatic heterocycles. The number of carbonyl (C=O) groups is 1. The van der Waals surface area contributed by atoms with Crippen molar-refractivity contribution in [2.45, 2.75) is 13.8 Å². The van der Waals surface area contributed by atoms with Gasteiger partial charge in [0.05, 0.1) is 12.0 Å². The molecule has 0 atom stereocenters. The van der Waals surface area contributed by atoms with E-state index in [1.54, 1.807) is 23.2 Å². The number of amides is 1. The molecular weight excluding hydrogens is 256 g/mol. The first kappa shape index (κ1) is 12.3. The fourth-order valence-corrected chi connectivity index (χ4v) is 1.80. The van der Waals surface area contributed by atoms with E-state index in [9.17, 15) is 4.79 Å². The van der Waals surface area contributed by atoms with Crippen molar-refractivity contribution >= 4 is 17.5 Å². The third-order valence-electron chi connectivity index (χ3n) is 2.88. The van der Waals surface area contributed by atoms with E-state index in [0.717, 1.165) is 5.69 Å². The highest BCUT2D eigenvalue weighted by Crippen LogP contribution is 2.15. The highest BCUT2D eigenvalue weighted by molar-refractivity contribution is 5.90. The topological polar surface area (TPSA) is 77.1 Å². The number of nitrogens with zero attached hydrogens (tertiary/aromatic N) is 5. The molecule has 7 heteroatoms. The van der Waals surface area contributed by atoms with E-state index in [-0.39, 0.29) is 11.8 Å². The average Bonchev–Trinajstić information content (AvgIpc) is 3.06. The standard InChI is InChI=1S/C13H14N6O/c1-9(2)12(20)16-13-15-11-10(18-7-5-14-8-18)4-3-6-19(11)17-13/h3-9H,1-2H3,(H,16,17,20). The highest BCUT2D eigenvalue weighted by atomic mass is 16.2. The van der Waals surface area contributed by atoms with Gasteiger partial charge in [-0.05, 0) is 12.1 Å². The number of imidazole rings is 1. The van der Waals surface area contributed by atoms with Crippen LogP contribution in [0.1, 0.15) is 13.8 Å². The van der Waals surface area contributed by atoms with Gasteiger partial charge in [-0.3, -0.25) is 10.1 Å². The van der Waals surface area contributed by atoms with Crippen LogP contribution in [0.25, 0.3) is 11.3 Å². The van der Waals surface area contributed by atoms with E-state index in [1.807, 2.05) is 36.7 Å². The Hall–Kier alpha value is -2.70. The summed E-state index contributed by atoms with van der Waals surface area (Å²) in [4.78, 5) is 20.1. The normalized spacial score (nSPS) is 11.2. The van der Waals surface area contributed by atoms with Crippen molar-refractivity contribution in [3.63, 3.8) is 0 Å². The first-order chi connectivity index (χ1) is 9.65. The number of hydrogen-bond donors (Lipinski definition) is 1. The Morgan fingerprint density at radius 3 is 2.90 bits per heavy atom. The Labute approximate surface area is 115 Å². The lowest BCUT2D eigenvalue weighted by atomic mass is 10.2. The molecule has 0 saturated carbocycles. The van der Waals surface area contributed by atoms with Crippen LogP contribution in [-0.4, -0.2) is 30.1 Å². The second kappa shape index (κ2) is 4.76. The predicted octanol–water partition coefficient (Wildman–Crippen LogP) is 1.51.